The fourth-order valence-corrected chi connectivity index (χ4v) is 1.75. The number of hydrogen-bond donors (Lipinski definition) is 0. The highest BCUT2D eigenvalue weighted by atomic mass is 19.3. The zero-order valence-corrected chi connectivity index (χ0v) is 8.16. The molecule has 3 rings (SSSR count). The summed E-state index contributed by atoms with van der Waals surface area (Å²) in [5.41, 5.74) is 0. The van der Waals surface area contributed by atoms with Crippen molar-refractivity contribution < 1.29 is 8.78 Å². The lowest BCUT2D eigenvalue weighted by molar-refractivity contribution is -0.0267. The highest BCUT2D eigenvalue weighted by Gasteiger charge is 2.44. The van der Waals surface area contributed by atoms with Gasteiger partial charge >= 0.3 is 0 Å². The van der Waals surface area contributed by atoms with Crippen molar-refractivity contribution >= 4 is 5.82 Å². The molecule has 1 aliphatic carbocycles. The van der Waals surface area contributed by atoms with E-state index in [1.54, 1.807) is 17.2 Å². The second kappa shape index (κ2) is 2.87. The molecule has 3 nitrogen and oxygen atoms in total. The van der Waals surface area contributed by atoms with Crippen molar-refractivity contribution in [3.05, 3.63) is 18.1 Å². The van der Waals surface area contributed by atoms with Crippen molar-refractivity contribution in [3.8, 4) is 0 Å². The Morgan fingerprint density at radius 2 is 2.07 bits per heavy atom. The minimum Gasteiger partial charge on any atom is -0.344 e. The first kappa shape index (κ1) is 9.00. The van der Waals surface area contributed by atoms with Crippen LogP contribution in [0.25, 0.3) is 0 Å². The van der Waals surface area contributed by atoms with Crippen LogP contribution in [0.1, 0.15) is 24.6 Å². The molecule has 1 saturated heterocycles. The molecule has 2 heterocycles. The molecule has 0 N–H and O–H groups in total. The molecule has 0 spiro atoms. The molecule has 0 atom stereocenters. The molecule has 0 radical (unpaired) electrons. The number of aromatic nitrogens is 2. The molecular weight excluding hydrogens is 200 g/mol. The molecular formula is C10H11F2N3. The first-order valence-corrected chi connectivity index (χ1v) is 5.10. The second-order valence-electron chi connectivity index (χ2n) is 4.26. The number of rotatable bonds is 2. The van der Waals surface area contributed by atoms with E-state index in [1.165, 1.54) is 0 Å². The van der Waals surface area contributed by atoms with Gasteiger partial charge in [-0.2, -0.15) is 0 Å². The van der Waals surface area contributed by atoms with Gasteiger partial charge in [-0.3, -0.25) is 0 Å². The lowest BCUT2D eigenvalue weighted by atomic mass is 10.1. The van der Waals surface area contributed by atoms with Crippen LogP contribution in [0.3, 0.4) is 0 Å². The van der Waals surface area contributed by atoms with Crippen molar-refractivity contribution in [3.63, 3.8) is 0 Å². The molecule has 0 amide bonds. The third kappa shape index (κ3) is 1.66. The fraction of sp³-hybridized carbons (Fsp3) is 0.600. The molecule has 1 aromatic heterocycles. The summed E-state index contributed by atoms with van der Waals surface area (Å²) >= 11 is 0. The van der Waals surface area contributed by atoms with Crippen molar-refractivity contribution in [1.29, 1.82) is 0 Å². The Morgan fingerprint density at radius 3 is 2.67 bits per heavy atom. The van der Waals surface area contributed by atoms with E-state index in [9.17, 15) is 8.78 Å². The van der Waals surface area contributed by atoms with Crippen molar-refractivity contribution in [1.82, 2.24) is 9.97 Å². The third-order valence-electron chi connectivity index (χ3n) is 2.77. The summed E-state index contributed by atoms with van der Waals surface area (Å²) in [4.78, 5) is 10.0. The molecule has 0 bridgehead atoms. The summed E-state index contributed by atoms with van der Waals surface area (Å²) in [6, 6.07) is 1.70. The minimum absolute atomic E-state index is 0.214. The van der Waals surface area contributed by atoms with Crippen molar-refractivity contribution in [2.24, 2.45) is 0 Å². The van der Waals surface area contributed by atoms with Crippen LogP contribution in [-0.4, -0.2) is 29.0 Å². The Balaban J connectivity index is 1.78. The predicted molar refractivity (Wildman–Crippen MR) is 51.2 cm³/mol. The minimum atomic E-state index is -2.54. The maximum atomic E-state index is 12.7. The number of anilines is 1. The number of nitrogens with zero attached hydrogens (tertiary/aromatic N) is 3. The van der Waals surface area contributed by atoms with Crippen LogP contribution >= 0.6 is 0 Å². The van der Waals surface area contributed by atoms with E-state index < -0.39 is 5.92 Å². The summed E-state index contributed by atoms with van der Waals surface area (Å²) in [6.45, 7) is -0.428. The molecule has 1 aliphatic heterocycles. The van der Waals surface area contributed by atoms with Crippen LogP contribution in [0.2, 0.25) is 0 Å². The largest absolute Gasteiger partial charge is 0.344 e. The first-order chi connectivity index (χ1) is 7.14. The zero-order valence-electron chi connectivity index (χ0n) is 8.16. The Labute approximate surface area is 86.1 Å². The van der Waals surface area contributed by atoms with Gasteiger partial charge in [0.25, 0.3) is 5.92 Å². The molecule has 1 aromatic rings. The first-order valence-electron chi connectivity index (χ1n) is 5.10. The molecule has 5 heteroatoms. The molecule has 1 saturated carbocycles. The van der Waals surface area contributed by atoms with E-state index in [1.807, 2.05) is 0 Å². The lowest BCUT2D eigenvalue weighted by Crippen LogP contribution is -2.56. The van der Waals surface area contributed by atoms with Gasteiger partial charge in [0, 0.05) is 12.1 Å². The Kier molecular flexibility index (Phi) is 1.72. The van der Waals surface area contributed by atoms with Crippen molar-refractivity contribution in [2.75, 3.05) is 18.0 Å². The van der Waals surface area contributed by atoms with E-state index in [4.69, 9.17) is 0 Å². The van der Waals surface area contributed by atoms with E-state index in [-0.39, 0.29) is 13.1 Å². The van der Waals surface area contributed by atoms with Crippen LogP contribution in [0.4, 0.5) is 14.6 Å². The number of alkyl halides is 2. The van der Waals surface area contributed by atoms with Gasteiger partial charge in [-0.1, -0.05) is 0 Å². The summed E-state index contributed by atoms with van der Waals surface area (Å²) in [6.07, 6.45) is 3.91. The van der Waals surface area contributed by atoms with Gasteiger partial charge in [-0.05, 0) is 18.9 Å². The van der Waals surface area contributed by atoms with Crippen LogP contribution in [0.15, 0.2) is 12.3 Å². The van der Waals surface area contributed by atoms with Gasteiger partial charge in [0.1, 0.15) is 11.6 Å². The Hall–Kier alpha value is -1.26. The maximum absolute atomic E-state index is 12.7. The average Bonchev–Trinajstić information content (AvgIpc) is 2.97. The van der Waals surface area contributed by atoms with Crippen LogP contribution in [0.5, 0.6) is 0 Å². The van der Waals surface area contributed by atoms with E-state index in [0.29, 0.717) is 11.7 Å². The molecule has 0 unspecified atom stereocenters. The quantitative estimate of drug-likeness (QED) is 0.747. The molecule has 2 aliphatic rings. The highest BCUT2D eigenvalue weighted by Crippen LogP contribution is 2.39. The van der Waals surface area contributed by atoms with Gasteiger partial charge in [-0.15, -0.1) is 0 Å². The fourth-order valence-electron chi connectivity index (χ4n) is 1.75. The van der Waals surface area contributed by atoms with Crippen LogP contribution in [-0.2, 0) is 0 Å². The van der Waals surface area contributed by atoms with Gasteiger partial charge in [0.15, 0.2) is 0 Å². The van der Waals surface area contributed by atoms with Crippen molar-refractivity contribution in [2.45, 2.75) is 24.7 Å². The molecule has 0 aromatic carbocycles. The topological polar surface area (TPSA) is 29.0 Å². The SMILES string of the molecule is FC1(F)CN(c2ccnc(C3CC3)n2)C1. The predicted octanol–water partition coefficient (Wildman–Crippen LogP) is 1.81. The standard InChI is InChI=1S/C10H11F2N3/c11-10(12)5-15(6-10)8-3-4-13-9(14-8)7-1-2-7/h3-4,7H,1-2,5-6H2. The van der Waals surface area contributed by atoms with Gasteiger partial charge in [-0.25, -0.2) is 18.7 Å². The molecule has 2 fully saturated rings. The van der Waals surface area contributed by atoms with E-state index in [0.717, 1.165) is 18.7 Å². The monoisotopic (exact) mass is 211 g/mol. The highest BCUT2D eigenvalue weighted by molar-refractivity contribution is 5.42. The number of halogens is 2. The lowest BCUT2D eigenvalue weighted by Gasteiger charge is -2.39. The molecule has 15 heavy (non-hydrogen) atoms. The summed E-state index contributed by atoms with van der Waals surface area (Å²) < 4.78 is 25.3. The smallest absolute Gasteiger partial charge is 0.282 e. The maximum Gasteiger partial charge on any atom is 0.282 e. The Bertz CT molecular complexity index is 382. The second-order valence-corrected chi connectivity index (χ2v) is 4.26. The Morgan fingerprint density at radius 1 is 1.33 bits per heavy atom. The van der Waals surface area contributed by atoms with E-state index >= 15 is 0 Å². The number of hydrogen-bond acceptors (Lipinski definition) is 3. The normalized spacial score (nSPS) is 23.7. The zero-order chi connectivity index (χ0) is 10.5. The van der Waals surface area contributed by atoms with Crippen LogP contribution < -0.4 is 4.90 Å². The summed E-state index contributed by atoms with van der Waals surface area (Å²) in [5, 5.41) is 0. The van der Waals surface area contributed by atoms with Gasteiger partial charge < -0.3 is 4.90 Å². The third-order valence-corrected chi connectivity index (χ3v) is 2.77. The van der Waals surface area contributed by atoms with E-state index in [2.05, 4.69) is 9.97 Å². The van der Waals surface area contributed by atoms with Gasteiger partial charge in [0.2, 0.25) is 0 Å². The summed E-state index contributed by atoms with van der Waals surface area (Å²) in [5.74, 6) is -0.627. The van der Waals surface area contributed by atoms with Gasteiger partial charge in [0.05, 0.1) is 13.1 Å². The van der Waals surface area contributed by atoms with Crippen LogP contribution in [0, 0.1) is 0 Å². The summed E-state index contributed by atoms with van der Waals surface area (Å²) in [7, 11) is 0. The molecule has 80 valence electrons. The average molecular weight is 211 g/mol.